The summed E-state index contributed by atoms with van der Waals surface area (Å²) in [6, 6.07) is 1.85. The standard InChI is InChI=1S/C11H15NO2S/c1-12(6-8-4-10(13)5-8)11(14)9-2-3-15-7-9/h2-3,7-8,10,13H,4-6H2,1H3. The number of hydrogen-bond donors (Lipinski definition) is 1. The molecule has 4 heteroatoms. The number of amides is 1. The molecule has 1 aromatic heterocycles. The van der Waals surface area contributed by atoms with Gasteiger partial charge in [-0.15, -0.1) is 0 Å². The molecule has 0 bridgehead atoms. The summed E-state index contributed by atoms with van der Waals surface area (Å²) in [5.41, 5.74) is 0.766. The van der Waals surface area contributed by atoms with Crippen molar-refractivity contribution in [2.75, 3.05) is 13.6 Å². The summed E-state index contributed by atoms with van der Waals surface area (Å²) in [6.07, 6.45) is 1.53. The van der Waals surface area contributed by atoms with Crippen LogP contribution in [0.15, 0.2) is 16.8 Å². The molecule has 0 spiro atoms. The zero-order chi connectivity index (χ0) is 10.8. The lowest BCUT2D eigenvalue weighted by molar-refractivity contribution is 0.0265. The van der Waals surface area contributed by atoms with E-state index in [-0.39, 0.29) is 12.0 Å². The van der Waals surface area contributed by atoms with Crippen LogP contribution in [-0.4, -0.2) is 35.6 Å². The molecule has 82 valence electrons. The lowest BCUT2D eigenvalue weighted by Gasteiger charge is -2.34. The minimum atomic E-state index is -0.139. The molecule has 0 aliphatic heterocycles. The molecule has 1 amide bonds. The zero-order valence-corrected chi connectivity index (χ0v) is 9.54. The number of nitrogens with zero attached hydrogens (tertiary/aromatic N) is 1. The van der Waals surface area contributed by atoms with Crippen LogP contribution in [0, 0.1) is 5.92 Å². The molecule has 3 nitrogen and oxygen atoms in total. The molecule has 1 aliphatic carbocycles. The highest BCUT2D eigenvalue weighted by atomic mass is 32.1. The van der Waals surface area contributed by atoms with Crippen molar-refractivity contribution in [1.29, 1.82) is 0 Å². The molecular weight excluding hydrogens is 210 g/mol. The molecule has 0 atom stereocenters. The van der Waals surface area contributed by atoms with Gasteiger partial charge in [0.05, 0.1) is 11.7 Å². The molecule has 1 N–H and O–H groups in total. The molecule has 0 aromatic carbocycles. The van der Waals surface area contributed by atoms with Gasteiger partial charge in [0.1, 0.15) is 0 Å². The summed E-state index contributed by atoms with van der Waals surface area (Å²) in [5, 5.41) is 12.9. The normalized spacial score (nSPS) is 24.7. The van der Waals surface area contributed by atoms with E-state index in [4.69, 9.17) is 5.11 Å². The van der Waals surface area contributed by atoms with Crippen molar-refractivity contribution in [3.63, 3.8) is 0 Å². The highest BCUT2D eigenvalue weighted by Crippen LogP contribution is 2.27. The highest BCUT2D eigenvalue weighted by Gasteiger charge is 2.29. The van der Waals surface area contributed by atoms with Crippen LogP contribution in [0.3, 0.4) is 0 Å². The maximum Gasteiger partial charge on any atom is 0.254 e. The van der Waals surface area contributed by atoms with Gasteiger partial charge in [-0.2, -0.15) is 11.3 Å². The average molecular weight is 225 g/mol. The first-order valence-electron chi connectivity index (χ1n) is 5.12. The first-order chi connectivity index (χ1) is 7.16. The van der Waals surface area contributed by atoms with Crippen LogP contribution in [0.25, 0.3) is 0 Å². The molecule has 1 heterocycles. The first-order valence-corrected chi connectivity index (χ1v) is 6.07. The van der Waals surface area contributed by atoms with Crippen molar-refractivity contribution in [2.45, 2.75) is 18.9 Å². The maximum absolute atomic E-state index is 11.8. The topological polar surface area (TPSA) is 40.5 Å². The summed E-state index contributed by atoms with van der Waals surface area (Å²) in [4.78, 5) is 13.6. The third-order valence-corrected chi connectivity index (χ3v) is 3.54. The minimum Gasteiger partial charge on any atom is -0.393 e. The lowest BCUT2D eigenvalue weighted by Crippen LogP contribution is -2.39. The monoisotopic (exact) mass is 225 g/mol. The van der Waals surface area contributed by atoms with Gasteiger partial charge in [-0.25, -0.2) is 0 Å². The quantitative estimate of drug-likeness (QED) is 0.848. The van der Waals surface area contributed by atoms with Gasteiger partial charge in [0.2, 0.25) is 0 Å². The summed E-state index contributed by atoms with van der Waals surface area (Å²) < 4.78 is 0. The molecule has 2 rings (SSSR count). The van der Waals surface area contributed by atoms with Gasteiger partial charge in [-0.3, -0.25) is 4.79 Å². The third-order valence-electron chi connectivity index (χ3n) is 2.86. The van der Waals surface area contributed by atoms with Gasteiger partial charge >= 0.3 is 0 Å². The van der Waals surface area contributed by atoms with Crippen LogP contribution >= 0.6 is 11.3 Å². The Kier molecular flexibility index (Phi) is 3.07. The van der Waals surface area contributed by atoms with E-state index >= 15 is 0 Å². The Hall–Kier alpha value is -0.870. The van der Waals surface area contributed by atoms with E-state index in [0.29, 0.717) is 5.92 Å². The number of aliphatic hydroxyl groups excluding tert-OH is 1. The molecule has 1 saturated carbocycles. The summed E-state index contributed by atoms with van der Waals surface area (Å²) >= 11 is 1.54. The van der Waals surface area contributed by atoms with Crippen molar-refractivity contribution in [3.05, 3.63) is 22.4 Å². The number of rotatable bonds is 3. The predicted molar refractivity (Wildman–Crippen MR) is 60.0 cm³/mol. The van der Waals surface area contributed by atoms with Crippen LogP contribution in [0.5, 0.6) is 0 Å². The third kappa shape index (κ3) is 2.38. The van der Waals surface area contributed by atoms with Crippen LogP contribution in [-0.2, 0) is 0 Å². The van der Waals surface area contributed by atoms with Crippen LogP contribution < -0.4 is 0 Å². The second-order valence-corrected chi connectivity index (χ2v) is 4.97. The van der Waals surface area contributed by atoms with Gasteiger partial charge in [-0.05, 0) is 30.2 Å². The fraction of sp³-hybridized carbons (Fsp3) is 0.545. The van der Waals surface area contributed by atoms with Crippen molar-refractivity contribution in [3.8, 4) is 0 Å². The van der Waals surface area contributed by atoms with Gasteiger partial charge in [0, 0.05) is 19.0 Å². The van der Waals surface area contributed by atoms with E-state index in [0.717, 1.165) is 24.9 Å². The number of hydrogen-bond acceptors (Lipinski definition) is 3. The van der Waals surface area contributed by atoms with E-state index in [1.54, 1.807) is 4.90 Å². The molecule has 1 aromatic rings. The molecular formula is C11H15NO2S. The molecule has 0 saturated heterocycles. The van der Waals surface area contributed by atoms with Gasteiger partial charge in [-0.1, -0.05) is 0 Å². The van der Waals surface area contributed by atoms with E-state index < -0.39 is 0 Å². The van der Waals surface area contributed by atoms with Crippen molar-refractivity contribution in [2.24, 2.45) is 5.92 Å². The van der Waals surface area contributed by atoms with Crippen LogP contribution in [0.2, 0.25) is 0 Å². The van der Waals surface area contributed by atoms with E-state index in [9.17, 15) is 4.79 Å². The molecule has 1 aliphatic rings. The van der Waals surface area contributed by atoms with Gasteiger partial charge in [0.25, 0.3) is 5.91 Å². The fourth-order valence-corrected chi connectivity index (χ4v) is 2.56. The fourth-order valence-electron chi connectivity index (χ4n) is 1.93. The van der Waals surface area contributed by atoms with E-state index in [2.05, 4.69) is 0 Å². The lowest BCUT2D eigenvalue weighted by atomic mass is 9.82. The Bertz CT molecular complexity index is 330. The zero-order valence-electron chi connectivity index (χ0n) is 8.72. The summed E-state index contributed by atoms with van der Waals surface area (Å²) in [6.45, 7) is 0.756. The Morgan fingerprint density at radius 1 is 1.67 bits per heavy atom. The minimum absolute atomic E-state index is 0.0811. The number of aliphatic hydroxyl groups is 1. The number of carbonyl (C=O) groups is 1. The molecule has 15 heavy (non-hydrogen) atoms. The molecule has 0 radical (unpaired) electrons. The SMILES string of the molecule is CN(CC1CC(O)C1)C(=O)c1ccsc1. The molecule has 0 unspecified atom stereocenters. The second-order valence-electron chi connectivity index (χ2n) is 4.19. The highest BCUT2D eigenvalue weighted by molar-refractivity contribution is 7.08. The van der Waals surface area contributed by atoms with Gasteiger partial charge < -0.3 is 10.0 Å². The van der Waals surface area contributed by atoms with Crippen LogP contribution in [0.1, 0.15) is 23.2 Å². The average Bonchev–Trinajstić information content (AvgIpc) is 2.66. The first kappa shape index (κ1) is 10.6. The Balaban J connectivity index is 1.86. The van der Waals surface area contributed by atoms with Gasteiger partial charge in [0.15, 0.2) is 0 Å². The Morgan fingerprint density at radius 2 is 2.40 bits per heavy atom. The smallest absolute Gasteiger partial charge is 0.254 e. The maximum atomic E-state index is 11.8. The van der Waals surface area contributed by atoms with E-state index in [1.165, 1.54) is 11.3 Å². The number of thiophene rings is 1. The Labute approximate surface area is 93.3 Å². The Morgan fingerprint density at radius 3 is 2.93 bits per heavy atom. The summed E-state index contributed by atoms with van der Waals surface area (Å²) in [7, 11) is 1.82. The summed E-state index contributed by atoms with van der Waals surface area (Å²) in [5.74, 6) is 0.560. The van der Waals surface area contributed by atoms with Crippen LogP contribution in [0.4, 0.5) is 0 Å². The van der Waals surface area contributed by atoms with Crippen molar-refractivity contribution in [1.82, 2.24) is 4.90 Å². The van der Waals surface area contributed by atoms with Crippen molar-refractivity contribution >= 4 is 17.2 Å². The number of carbonyl (C=O) groups excluding carboxylic acids is 1. The second kappa shape index (κ2) is 4.33. The van der Waals surface area contributed by atoms with Crippen molar-refractivity contribution < 1.29 is 9.90 Å². The predicted octanol–water partition coefficient (Wildman–Crippen LogP) is 1.59. The molecule has 1 fully saturated rings. The van der Waals surface area contributed by atoms with E-state index in [1.807, 2.05) is 23.9 Å². The largest absolute Gasteiger partial charge is 0.393 e.